The van der Waals surface area contributed by atoms with Crippen LogP contribution in [0.15, 0.2) is 97.1 Å². The second-order valence-electron chi connectivity index (χ2n) is 13.8. The van der Waals surface area contributed by atoms with Gasteiger partial charge in [-0.05, 0) is 97.1 Å². The zero-order valence-corrected chi connectivity index (χ0v) is 40.7. The van der Waals surface area contributed by atoms with Gasteiger partial charge in [0.2, 0.25) is 0 Å². The van der Waals surface area contributed by atoms with E-state index in [9.17, 15) is 0 Å². The normalized spacial score (nSPS) is 11.6. The van der Waals surface area contributed by atoms with Crippen LogP contribution in [0.1, 0.15) is 22.8 Å². The summed E-state index contributed by atoms with van der Waals surface area (Å²) in [5, 5.41) is 0. The van der Waals surface area contributed by atoms with E-state index in [2.05, 4.69) is 93.9 Å². The van der Waals surface area contributed by atoms with Gasteiger partial charge in [0, 0.05) is 44.3 Å². The van der Waals surface area contributed by atoms with Gasteiger partial charge in [-0.3, -0.25) is 0 Å². The van der Waals surface area contributed by atoms with E-state index in [4.69, 9.17) is 45.4 Å². The second kappa shape index (κ2) is 18.4. The molecule has 3 aromatic heterocycles. The van der Waals surface area contributed by atoms with Gasteiger partial charge in [0.1, 0.15) is 46.0 Å². The molecule has 298 valence electrons. The highest BCUT2D eigenvalue weighted by molar-refractivity contribution is 6.10. The Morgan fingerprint density at radius 3 is 0.750 bits per heavy atom. The fourth-order valence-corrected chi connectivity index (χ4v) is 9.33. The van der Waals surface area contributed by atoms with Crippen LogP contribution in [0.2, 0.25) is 0 Å². The minimum atomic E-state index is 0.435. The third-order valence-corrected chi connectivity index (χ3v) is 12.3. The average Bonchev–Trinajstić information content (AvgIpc) is 4.20. The van der Waals surface area contributed by atoms with Crippen LogP contribution in [0, 0.1) is 0 Å². The smallest absolute Gasteiger partial charge is 0.341 e. The van der Waals surface area contributed by atoms with E-state index in [0.29, 0.717) is 135 Å². The number of H-pyrrole nitrogens is 2. The lowest BCUT2D eigenvalue weighted by Crippen LogP contribution is -1.99. The third kappa shape index (κ3) is 7.41. The maximum absolute atomic E-state index is 5.81. The molecule has 20 heteroatoms. The molecule has 2 aliphatic rings. The van der Waals surface area contributed by atoms with Crippen LogP contribution in [0.3, 0.4) is 0 Å². The van der Waals surface area contributed by atoms with Gasteiger partial charge < -0.3 is 45.4 Å². The molecule has 0 saturated carbocycles. The van der Waals surface area contributed by atoms with E-state index in [1.165, 1.54) is 0 Å². The van der Waals surface area contributed by atoms with Crippen LogP contribution in [-0.2, 0) is 0 Å². The summed E-state index contributed by atoms with van der Waals surface area (Å²) in [6.07, 6.45) is 7.62. The van der Waals surface area contributed by atoms with Crippen molar-refractivity contribution in [2.75, 3.05) is 0 Å². The van der Waals surface area contributed by atoms with Gasteiger partial charge in [0.15, 0.2) is 0 Å². The molecule has 64 heavy (non-hydrogen) atoms. The van der Waals surface area contributed by atoms with Crippen molar-refractivity contribution in [2.45, 2.75) is 0 Å². The summed E-state index contributed by atoms with van der Waals surface area (Å²) < 4.78 is 46.4. The molecule has 0 fully saturated rings. The van der Waals surface area contributed by atoms with E-state index < -0.39 is 0 Å². The molecule has 2 N–H and O–H groups in total. The zero-order chi connectivity index (χ0) is 44.5. The number of nitrogens with one attached hydrogen (secondary N) is 2. The van der Waals surface area contributed by atoms with Crippen molar-refractivity contribution in [3.8, 4) is 90.5 Å². The fraction of sp³-hybridized carbons (Fsp3) is 0. The summed E-state index contributed by atoms with van der Waals surface area (Å²) in [6, 6.07) is 29.6. The van der Waals surface area contributed by atoms with E-state index in [1.54, 1.807) is 18.2 Å². The molecule has 24 radical (unpaired) electrons. The molecule has 0 atom stereocenters. The first kappa shape index (κ1) is 42.9. The number of rotatable bonds is 12. The number of hydrogen-bond donors (Lipinski definition) is 2. The molecule has 0 spiro atoms. The molecule has 0 aliphatic carbocycles. The lowest BCUT2D eigenvalue weighted by atomic mass is 10.00. The Morgan fingerprint density at radius 2 is 0.484 bits per heavy atom. The van der Waals surface area contributed by atoms with Crippen molar-refractivity contribution in [1.82, 2.24) is 19.9 Å². The summed E-state index contributed by atoms with van der Waals surface area (Å²) in [5.74, 6) is 3.59. The highest BCUT2D eigenvalue weighted by Crippen LogP contribution is 2.49. The molecule has 9 rings (SSSR count). The molecular weight excluding hydrogens is 937 g/mol. The maximum atomic E-state index is 5.81. The zero-order valence-electron chi connectivity index (χ0n) is 32.7. The van der Waals surface area contributed by atoms with Crippen LogP contribution >= 0.6 is 0 Å². The molecule has 5 heterocycles. The number of nitrogens with zero attached hydrogens (tertiary/aromatic N) is 2. The van der Waals surface area contributed by atoms with E-state index in [-0.39, 0.29) is 0 Å². The SMILES string of the molecule is [Si]Oc1cccc(O[Si])c1-c1c2nc(c(-c3c(O[Si])cccc3O[Si])c3ccc([nH]3)c(-c3c(O[Si])cccc3O[Si])c3ccc([nH]3)c(-c3c(O[Si])cccc3O[Si])c3nc1C=C3)C=C2. The number of hydrogen-bond acceptors (Lipinski definition) is 10. The van der Waals surface area contributed by atoms with Gasteiger partial charge in [0.05, 0.1) is 45.0 Å². The first-order valence-electron chi connectivity index (χ1n) is 18.8. The van der Waals surface area contributed by atoms with Crippen molar-refractivity contribution in [1.29, 1.82) is 0 Å². The lowest BCUT2D eigenvalue weighted by Gasteiger charge is -2.16. The Kier molecular flexibility index (Phi) is 12.3. The van der Waals surface area contributed by atoms with Crippen LogP contribution in [-0.4, -0.2) is 104 Å². The number of benzene rings is 4. The van der Waals surface area contributed by atoms with Gasteiger partial charge in [-0.15, -0.1) is 0 Å². The van der Waals surface area contributed by atoms with Crippen molar-refractivity contribution < 1.29 is 35.4 Å². The molecule has 0 amide bonds. The Hall–Kier alpha value is -6.38. The van der Waals surface area contributed by atoms with Gasteiger partial charge >= 0.3 is 83.9 Å². The second-order valence-corrected chi connectivity index (χ2v) is 15.5. The molecule has 0 unspecified atom stereocenters. The van der Waals surface area contributed by atoms with Crippen molar-refractivity contribution in [2.24, 2.45) is 0 Å². The molecule has 8 bridgehead atoms. The predicted molar refractivity (Wildman–Crippen MR) is 252 cm³/mol. The van der Waals surface area contributed by atoms with E-state index in [0.717, 1.165) is 0 Å². The van der Waals surface area contributed by atoms with E-state index >= 15 is 0 Å². The highest BCUT2D eigenvalue weighted by Gasteiger charge is 2.27. The van der Waals surface area contributed by atoms with Crippen molar-refractivity contribution >= 4 is 130 Å². The predicted octanol–water partition coefficient (Wildman–Crippen LogP) is 7.02. The standard InChI is InChI=1S/C44H22N4O8Si8/c57-49-29-5-1-6-30(50-58)41(29)37-21-13-15-23(45-21)38(42-31(51-59)7-2-8-32(42)52-60)25-17-19-27(47-25)40(44-35(55-63)11-4-12-36(44)56-64)28-20-18-26(48-28)39(24-16-14-22(37)46-24)43-33(53-61)9-3-10-34(43)54-62/h1-20,45-46H. The first-order valence-corrected chi connectivity index (χ1v) is 22.0. The monoisotopic (exact) mass is 958 g/mol. The van der Waals surface area contributed by atoms with Crippen LogP contribution < -0.4 is 35.4 Å². The Labute approximate surface area is 393 Å². The fourth-order valence-electron chi connectivity index (χ4n) is 7.97. The molecule has 4 aromatic carbocycles. The Balaban J connectivity index is 1.56. The van der Waals surface area contributed by atoms with Gasteiger partial charge in [-0.2, -0.15) is 0 Å². The quantitative estimate of drug-likeness (QED) is 0.123. The summed E-state index contributed by atoms with van der Waals surface area (Å²) in [4.78, 5) is 18.1. The maximum Gasteiger partial charge on any atom is 0.341 e. The van der Waals surface area contributed by atoms with Crippen LogP contribution in [0.25, 0.3) is 90.9 Å². The largest absolute Gasteiger partial charge is 0.540 e. The minimum absolute atomic E-state index is 0.435. The highest BCUT2D eigenvalue weighted by atomic mass is 28.2. The van der Waals surface area contributed by atoms with Crippen molar-refractivity contribution in [3.63, 3.8) is 0 Å². The summed E-state index contributed by atoms with van der Waals surface area (Å²) in [7, 11) is 26.4. The van der Waals surface area contributed by atoms with E-state index in [1.807, 2.05) is 103 Å². The molecule has 7 aromatic rings. The van der Waals surface area contributed by atoms with Crippen molar-refractivity contribution in [3.05, 3.63) is 120 Å². The summed E-state index contributed by atoms with van der Waals surface area (Å²) >= 11 is 0. The molecule has 2 aliphatic heterocycles. The van der Waals surface area contributed by atoms with Gasteiger partial charge in [-0.25, -0.2) is 9.97 Å². The summed E-state index contributed by atoms with van der Waals surface area (Å²) in [5.41, 5.74) is 9.56. The lowest BCUT2D eigenvalue weighted by molar-refractivity contribution is 0.591. The molecular formula is C44H22N4O8Si8. The minimum Gasteiger partial charge on any atom is -0.540 e. The topological polar surface area (TPSA) is 131 Å². The Bertz CT molecular complexity index is 2970. The van der Waals surface area contributed by atoms with Gasteiger partial charge in [-0.1, -0.05) is 24.3 Å². The molecule has 0 saturated heterocycles. The van der Waals surface area contributed by atoms with Crippen LogP contribution in [0.4, 0.5) is 0 Å². The number of aromatic nitrogens is 4. The Morgan fingerprint density at radius 1 is 0.266 bits per heavy atom. The number of aromatic amines is 2. The summed E-state index contributed by atoms with van der Waals surface area (Å²) in [6.45, 7) is 0. The third-order valence-electron chi connectivity index (χ3n) is 10.6. The first-order chi connectivity index (χ1) is 31.4. The van der Waals surface area contributed by atoms with Crippen LogP contribution in [0.5, 0.6) is 46.0 Å². The van der Waals surface area contributed by atoms with Gasteiger partial charge in [0.25, 0.3) is 0 Å². The number of fused-ring (bicyclic) bond motifs is 8. The average molecular weight is 959 g/mol. The molecule has 12 nitrogen and oxygen atoms in total.